The number of nitrogens with zero attached hydrogens (tertiary/aromatic N) is 1. The molecule has 5 heteroatoms. The summed E-state index contributed by atoms with van der Waals surface area (Å²) in [6.07, 6.45) is 6.87. The maximum absolute atomic E-state index is 11.8. The number of H-pyrrole nitrogens is 1. The van der Waals surface area contributed by atoms with E-state index >= 15 is 0 Å². The van der Waals surface area contributed by atoms with Gasteiger partial charge >= 0.3 is 0 Å². The molecule has 1 saturated carbocycles. The molecule has 1 aliphatic rings. The van der Waals surface area contributed by atoms with Crippen LogP contribution in [0.15, 0.2) is 11.0 Å². The van der Waals surface area contributed by atoms with Gasteiger partial charge in [-0.05, 0) is 19.8 Å². The van der Waals surface area contributed by atoms with Gasteiger partial charge in [-0.3, -0.25) is 4.79 Å². The molecule has 0 radical (unpaired) electrons. The molecule has 0 unspecified atom stereocenters. The van der Waals surface area contributed by atoms with Crippen LogP contribution in [-0.2, 0) is 16.9 Å². The van der Waals surface area contributed by atoms with Gasteiger partial charge in [-0.2, -0.15) is 0 Å². The number of hydrogen-bond acceptors (Lipinski definition) is 4. The standard InChI is InChI=1S/C13H21N3O2/c1-2-18-13(6-4-3-5-7-13)12-15-9-10(8-14)11(17)16-12/h9H,2-8,14H2,1H3,(H,15,16,17). The van der Waals surface area contributed by atoms with Crippen molar-refractivity contribution >= 4 is 0 Å². The Kier molecular flexibility index (Phi) is 4.14. The molecule has 100 valence electrons. The largest absolute Gasteiger partial charge is 0.367 e. The zero-order chi connectivity index (χ0) is 13.0. The summed E-state index contributed by atoms with van der Waals surface area (Å²) in [6, 6.07) is 0. The summed E-state index contributed by atoms with van der Waals surface area (Å²) in [4.78, 5) is 19.0. The third-order valence-electron chi connectivity index (χ3n) is 3.61. The van der Waals surface area contributed by atoms with Crippen LogP contribution in [0.1, 0.15) is 50.4 Å². The molecule has 1 heterocycles. The lowest BCUT2D eigenvalue weighted by Gasteiger charge is -2.35. The minimum atomic E-state index is -0.403. The fourth-order valence-electron chi connectivity index (χ4n) is 2.65. The third kappa shape index (κ3) is 2.47. The van der Waals surface area contributed by atoms with Crippen LogP contribution >= 0.6 is 0 Å². The maximum Gasteiger partial charge on any atom is 0.255 e. The predicted molar refractivity (Wildman–Crippen MR) is 69.1 cm³/mol. The van der Waals surface area contributed by atoms with Gasteiger partial charge in [0.25, 0.3) is 5.56 Å². The summed E-state index contributed by atoms with van der Waals surface area (Å²) in [6.45, 7) is 2.81. The van der Waals surface area contributed by atoms with Crippen LogP contribution in [0.3, 0.4) is 0 Å². The SMILES string of the molecule is CCOC1(c2ncc(CN)c(=O)[nH]2)CCCCC1. The maximum atomic E-state index is 11.8. The van der Waals surface area contributed by atoms with Gasteiger partial charge in [0.2, 0.25) is 0 Å². The second-order valence-corrected chi connectivity index (χ2v) is 4.78. The quantitative estimate of drug-likeness (QED) is 0.848. The molecule has 1 aromatic rings. The second-order valence-electron chi connectivity index (χ2n) is 4.78. The summed E-state index contributed by atoms with van der Waals surface area (Å²) in [5.41, 5.74) is 5.44. The Hall–Kier alpha value is -1.20. The number of nitrogens with two attached hydrogens (primary N) is 1. The van der Waals surface area contributed by atoms with Crippen molar-refractivity contribution in [1.82, 2.24) is 9.97 Å². The smallest absolute Gasteiger partial charge is 0.255 e. The number of aromatic nitrogens is 2. The molecule has 18 heavy (non-hydrogen) atoms. The molecular weight excluding hydrogens is 230 g/mol. The van der Waals surface area contributed by atoms with Crippen molar-refractivity contribution in [2.75, 3.05) is 6.61 Å². The van der Waals surface area contributed by atoms with Crippen LogP contribution in [-0.4, -0.2) is 16.6 Å². The Bertz CT molecular complexity index is 444. The summed E-state index contributed by atoms with van der Waals surface area (Å²) >= 11 is 0. The van der Waals surface area contributed by atoms with Crippen molar-refractivity contribution < 1.29 is 4.74 Å². The van der Waals surface area contributed by atoms with Crippen LogP contribution in [0.2, 0.25) is 0 Å². The average molecular weight is 251 g/mol. The van der Waals surface area contributed by atoms with E-state index in [0.717, 1.165) is 25.7 Å². The molecule has 0 saturated heterocycles. The molecule has 3 N–H and O–H groups in total. The predicted octanol–water partition coefficient (Wildman–Crippen LogP) is 1.42. The van der Waals surface area contributed by atoms with E-state index in [1.165, 1.54) is 6.42 Å². The van der Waals surface area contributed by atoms with Gasteiger partial charge in [-0.25, -0.2) is 4.98 Å². The van der Waals surface area contributed by atoms with E-state index in [0.29, 0.717) is 18.0 Å². The van der Waals surface area contributed by atoms with Crippen LogP contribution in [0.25, 0.3) is 0 Å². The van der Waals surface area contributed by atoms with Gasteiger partial charge in [-0.15, -0.1) is 0 Å². The highest BCUT2D eigenvalue weighted by molar-refractivity contribution is 5.10. The van der Waals surface area contributed by atoms with Gasteiger partial charge in [0, 0.05) is 24.9 Å². The van der Waals surface area contributed by atoms with Crippen LogP contribution in [0.4, 0.5) is 0 Å². The van der Waals surface area contributed by atoms with E-state index in [9.17, 15) is 4.79 Å². The normalized spacial score (nSPS) is 18.8. The first kappa shape index (κ1) is 13.2. The first-order chi connectivity index (χ1) is 8.72. The minimum absolute atomic E-state index is 0.146. The first-order valence-corrected chi connectivity index (χ1v) is 6.64. The molecule has 0 atom stereocenters. The van der Waals surface area contributed by atoms with Gasteiger partial charge in [0.15, 0.2) is 0 Å². The topological polar surface area (TPSA) is 81.0 Å². The van der Waals surface area contributed by atoms with Crippen LogP contribution in [0.5, 0.6) is 0 Å². The van der Waals surface area contributed by atoms with Crippen molar-refractivity contribution in [2.45, 2.75) is 51.2 Å². The second kappa shape index (κ2) is 5.63. The molecule has 1 fully saturated rings. The molecule has 0 aliphatic heterocycles. The van der Waals surface area contributed by atoms with Crippen LogP contribution < -0.4 is 11.3 Å². The van der Waals surface area contributed by atoms with Crippen molar-refractivity contribution in [2.24, 2.45) is 5.73 Å². The fraction of sp³-hybridized carbons (Fsp3) is 0.692. The van der Waals surface area contributed by atoms with Crippen molar-refractivity contribution in [3.05, 3.63) is 27.9 Å². The number of hydrogen-bond donors (Lipinski definition) is 2. The zero-order valence-electron chi connectivity index (χ0n) is 10.9. The third-order valence-corrected chi connectivity index (χ3v) is 3.61. The molecule has 0 aromatic carbocycles. The van der Waals surface area contributed by atoms with E-state index in [-0.39, 0.29) is 12.1 Å². The van der Waals surface area contributed by atoms with Gasteiger partial charge in [-0.1, -0.05) is 19.3 Å². The number of aromatic amines is 1. The molecule has 0 bridgehead atoms. The minimum Gasteiger partial charge on any atom is -0.367 e. The zero-order valence-corrected chi connectivity index (χ0v) is 10.9. The highest BCUT2D eigenvalue weighted by atomic mass is 16.5. The summed E-state index contributed by atoms with van der Waals surface area (Å²) in [7, 11) is 0. The lowest BCUT2D eigenvalue weighted by atomic mass is 9.84. The Morgan fingerprint density at radius 1 is 1.44 bits per heavy atom. The summed E-state index contributed by atoms with van der Waals surface area (Å²) in [5.74, 6) is 0.659. The van der Waals surface area contributed by atoms with E-state index in [4.69, 9.17) is 10.5 Å². The number of rotatable bonds is 4. The average Bonchev–Trinajstić information content (AvgIpc) is 2.40. The van der Waals surface area contributed by atoms with E-state index in [2.05, 4.69) is 9.97 Å². The Balaban J connectivity index is 2.36. The fourth-order valence-corrected chi connectivity index (χ4v) is 2.65. The molecule has 5 nitrogen and oxygen atoms in total. The first-order valence-electron chi connectivity index (χ1n) is 6.64. The molecule has 1 aliphatic carbocycles. The number of nitrogens with one attached hydrogen (secondary N) is 1. The van der Waals surface area contributed by atoms with E-state index in [1.807, 2.05) is 6.92 Å². The lowest BCUT2D eigenvalue weighted by molar-refractivity contribution is -0.0768. The summed E-state index contributed by atoms with van der Waals surface area (Å²) in [5, 5.41) is 0. The lowest BCUT2D eigenvalue weighted by Crippen LogP contribution is -2.36. The number of ether oxygens (including phenoxy) is 1. The van der Waals surface area contributed by atoms with E-state index in [1.54, 1.807) is 6.20 Å². The molecular formula is C13H21N3O2. The summed E-state index contributed by atoms with van der Waals surface area (Å²) < 4.78 is 5.92. The molecule has 0 spiro atoms. The Morgan fingerprint density at radius 2 is 2.17 bits per heavy atom. The monoisotopic (exact) mass is 251 g/mol. The van der Waals surface area contributed by atoms with Gasteiger partial charge < -0.3 is 15.5 Å². The van der Waals surface area contributed by atoms with Gasteiger partial charge in [0.05, 0.1) is 0 Å². The van der Waals surface area contributed by atoms with Crippen molar-refractivity contribution in [3.8, 4) is 0 Å². The highest BCUT2D eigenvalue weighted by Gasteiger charge is 2.37. The van der Waals surface area contributed by atoms with Crippen LogP contribution in [0, 0.1) is 0 Å². The van der Waals surface area contributed by atoms with Gasteiger partial charge in [0.1, 0.15) is 11.4 Å². The molecule has 1 aromatic heterocycles. The Labute approximate surface area is 107 Å². The molecule has 0 amide bonds. The molecule has 2 rings (SSSR count). The van der Waals surface area contributed by atoms with Crippen molar-refractivity contribution in [3.63, 3.8) is 0 Å². The Morgan fingerprint density at radius 3 is 2.72 bits per heavy atom. The van der Waals surface area contributed by atoms with E-state index < -0.39 is 5.60 Å². The van der Waals surface area contributed by atoms with Crippen molar-refractivity contribution in [1.29, 1.82) is 0 Å². The highest BCUT2D eigenvalue weighted by Crippen LogP contribution is 2.38.